The van der Waals surface area contributed by atoms with Crippen LogP contribution >= 0.6 is 0 Å². The van der Waals surface area contributed by atoms with Crippen LogP contribution in [0.25, 0.3) is 0 Å². The Labute approximate surface area is 117 Å². The number of anilines is 2. The van der Waals surface area contributed by atoms with Gasteiger partial charge in [-0.15, -0.1) is 0 Å². The summed E-state index contributed by atoms with van der Waals surface area (Å²) < 4.78 is 0. The Morgan fingerprint density at radius 3 is 2.05 bits per heavy atom. The molecule has 1 aromatic rings. The van der Waals surface area contributed by atoms with Gasteiger partial charge in [-0.1, -0.05) is 41.5 Å². The normalized spacial score (nSPS) is 12.4. The van der Waals surface area contributed by atoms with Gasteiger partial charge in [-0.05, 0) is 11.8 Å². The van der Waals surface area contributed by atoms with Crippen molar-refractivity contribution in [2.75, 3.05) is 24.2 Å². The molecule has 4 nitrogen and oxygen atoms in total. The average Bonchev–Trinajstić information content (AvgIpc) is 2.25. The molecule has 0 amide bonds. The van der Waals surface area contributed by atoms with Crippen LogP contribution in [0, 0.1) is 5.41 Å². The van der Waals surface area contributed by atoms with Crippen molar-refractivity contribution in [2.24, 2.45) is 5.41 Å². The van der Waals surface area contributed by atoms with Crippen molar-refractivity contribution in [1.29, 1.82) is 0 Å². The lowest BCUT2D eigenvalue weighted by Gasteiger charge is -2.21. The van der Waals surface area contributed by atoms with Gasteiger partial charge in [0.05, 0.1) is 0 Å². The first kappa shape index (κ1) is 15.7. The van der Waals surface area contributed by atoms with Gasteiger partial charge in [-0.2, -0.15) is 0 Å². The minimum absolute atomic E-state index is 0.0483. The average molecular weight is 264 g/mol. The zero-order valence-corrected chi connectivity index (χ0v) is 13.4. The highest BCUT2D eigenvalue weighted by Crippen LogP contribution is 2.23. The largest absolute Gasteiger partial charge is 0.373 e. The van der Waals surface area contributed by atoms with Gasteiger partial charge in [0.15, 0.2) is 0 Å². The molecule has 0 spiro atoms. The Hall–Kier alpha value is -1.32. The standard InChI is InChI=1S/C15H28N4/c1-14(2,3)8-9-17-12-10-11(16-7)18-13(19-12)15(4,5)6/h10H,8-9H2,1-7H3,(H2,16,17,18,19). The number of rotatable bonds is 4. The lowest BCUT2D eigenvalue weighted by atomic mass is 9.92. The summed E-state index contributed by atoms with van der Waals surface area (Å²) in [5, 5.41) is 6.49. The molecule has 0 aromatic carbocycles. The predicted molar refractivity (Wildman–Crippen MR) is 82.8 cm³/mol. The topological polar surface area (TPSA) is 49.8 Å². The molecule has 0 aliphatic rings. The molecule has 0 radical (unpaired) electrons. The molecule has 1 aromatic heterocycles. The van der Waals surface area contributed by atoms with Crippen molar-refractivity contribution in [3.8, 4) is 0 Å². The van der Waals surface area contributed by atoms with Crippen LogP contribution in [0.4, 0.5) is 11.6 Å². The Balaban J connectivity index is 2.83. The van der Waals surface area contributed by atoms with Crippen molar-refractivity contribution in [1.82, 2.24) is 9.97 Å². The first-order valence-electron chi connectivity index (χ1n) is 6.93. The second-order valence-corrected chi connectivity index (χ2v) is 7.20. The van der Waals surface area contributed by atoms with E-state index in [2.05, 4.69) is 62.1 Å². The molecule has 1 heterocycles. The molecular weight excluding hydrogens is 236 g/mol. The molecule has 19 heavy (non-hydrogen) atoms. The van der Waals surface area contributed by atoms with E-state index in [0.29, 0.717) is 5.41 Å². The number of nitrogens with one attached hydrogen (secondary N) is 2. The Morgan fingerprint density at radius 1 is 1.00 bits per heavy atom. The van der Waals surface area contributed by atoms with Gasteiger partial charge < -0.3 is 10.6 Å². The summed E-state index contributed by atoms with van der Waals surface area (Å²) in [4.78, 5) is 9.13. The van der Waals surface area contributed by atoms with Gasteiger partial charge in [0.2, 0.25) is 0 Å². The summed E-state index contributed by atoms with van der Waals surface area (Å²) >= 11 is 0. The van der Waals surface area contributed by atoms with E-state index in [-0.39, 0.29) is 5.41 Å². The second-order valence-electron chi connectivity index (χ2n) is 7.20. The highest BCUT2D eigenvalue weighted by atomic mass is 15.1. The number of nitrogens with zero attached hydrogens (tertiary/aromatic N) is 2. The highest BCUT2D eigenvalue weighted by molar-refractivity contribution is 5.47. The van der Waals surface area contributed by atoms with Crippen molar-refractivity contribution in [3.63, 3.8) is 0 Å². The van der Waals surface area contributed by atoms with Crippen LogP contribution in [-0.4, -0.2) is 23.6 Å². The molecule has 4 heteroatoms. The van der Waals surface area contributed by atoms with E-state index in [9.17, 15) is 0 Å². The zero-order chi connectivity index (χ0) is 14.7. The fourth-order valence-electron chi connectivity index (χ4n) is 1.57. The highest BCUT2D eigenvalue weighted by Gasteiger charge is 2.19. The maximum atomic E-state index is 4.61. The van der Waals surface area contributed by atoms with Crippen LogP contribution in [0.5, 0.6) is 0 Å². The lowest BCUT2D eigenvalue weighted by Crippen LogP contribution is -2.19. The summed E-state index contributed by atoms with van der Waals surface area (Å²) in [7, 11) is 1.88. The van der Waals surface area contributed by atoms with Crippen LogP contribution < -0.4 is 10.6 Å². The van der Waals surface area contributed by atoms with Crippen molar-refractivity contribution < 1.29 is 0 Å². The molecule has 0 unspecified atom stereocenters. The molecule has 1 rings (SSSR count). The third-order valence-corrected chi connectivity index (χ3v) is 2.83. The first-order valence-corrected chi connectivity index (χ1v) is 6.93. The molecular formula is C15H28N4. The molecule has 0 saturated heterocycles. The van der Waals surface area contributed by atoms with E-state index in [0.717, 1.165) is 30.4 Å². The molecule has 0 aliphatic carbocycles. The smallest absolute Gasteiger partial charge is 0.138 e. The number of hydrogen-bond acceptors (Lipinski definition) is 4. The number of hydrogen-bond donors (Lipinski definition) is 2. The fraction of sp³-hybridized carbons (Fsp3) is 0.733. The summed E-state index contributed by atoms with van der Waals surface area (Å²) in [6, 6.07) is 1.96. The van der Waals surface area contributed by atoms with E-state index < -0.39 is 0 Å². The minimum atomic E-state index is -0.0483. The SMILES string of the molecule is CNc1cc(NCCC(C)(C)C)nc(C(C)(C)C)n1. The molecule has 0 atom stereocenters. The maximum Gasteiger partial charge on any atom is 0.138 e. The van der Waals surface area contributed by atoms with Crippen LogP contribution in [0.3, 0.4) is 0 Å². The van der Waals surface area contributed by atoms with E-state index in [1.807, 2.05) is 13.1 Å². The molecule has 0 fully saturated rings. The number of aromatic nitrogens is 2. The third-order valence-electron chi connectivity index (χ3n) is 2.83. The van der Waals surface area contributed by atoms with Gasteiger partial charge in [-0.25, -0.2) is 9.97 Å². The third kappa shape index (κ3) is 5.45. The van der Waals surface area contributed by atoms with E-state index in [1.165, 1.54) is 0 Å². The monoisotopic (exact) mass is 264 g/mol. The zero-order valence-electron chi connectivity index (χ0n) is 13.4. The molecule has 0 bridgehead atoms. The molecule has 108 valence electrons. The van der Waals surface area contributed by atoms with Crippen LogP contribution in [0.2, 0.25) is 0 Å². The maximum absolute atomic E-state index is 4.61. The summed E-state index contributed by atoms with van der Waals surface area (Å²) in [5.41, 5.74) is 0.284. The lowest BCUT2D eigenvalue weighted by molar-refractivity contribution is 0.389. The molecule has 2 N–H and O–H groups in total. The van der Waals surface area contributed by atoms with Crippen molar-refractivity contribution >= 4 is 11.6 Å². The quantitative estimate of drug-likeness (QED) is 0.871. The fourth-order valence-corrected chi connectivity index (χ4v) is 1.57. The molecule has 0 saturated carbocycles. The van der Waals surface area contributed by atoms with Gasteiger partial charge >= 0.3 is 0 Å². The van der Waals surface area contributed by atoms with Crippen molar-refractivity contribution in [3.05, 3.63) is 11.9 Å². The van der Waals surface area contributed by atoms with E-state index in [1.54, 1.807) is 0 Å². The van der Waals surface area contributed by atoms with Gasteiger partial charge in [0, 0.05) is 25.1 Å². The van der Waals surface area contributed by atoms with E-state index in [4.69, 9.17) is 0 Å². The predicted octanol–water partition coefficient (Wildman–Crippen LogP) is 3.66. The van der Waals surface area contributed by atoms with Crippen molar-refractivity contribution in [2.45, 2.75) is 53.4 Å². The van der Waals surface area contributed by atoms with Crippen LogP contribution in [0.1, 0.15) is 53.8 Å². The van der Waals surface area contributed by atoms with Gasteiger partial charge in [-0.3, -0.25) is 0 Å². The second kappa shape index (κ2) is 5.76. The first-order chi connectivity index (χ1) is 8.62. The van der Waals surface area contributed by atoms with Gasteiger partial charge in [0.25, 0.3) is 0 Å². The summed E-state index contributed by atoms with van der Waals surface area (Å²) in [6.45, 7) is 14.0. The Morgan fingerprint density at radius 2 is 1.58 bits per heavy atom. The minimum Gasteiger partial charge on any atom is -0.373 e. The Kier molecular flexibility index (Phi) is 4.77. The summed E-state index contributed by atoms with van der Waals surface area (Å²) in [5.74, 6) is 2.62. The van der Waals surface area contributed by atoms with E-state index >= 15 is 0 Å². The van der Waals surface area contributed by atoms with Crippen LogP contribution in [0.15, 0.2) is 6.07 Å². The Bertz CT molecular complexity index is 413. The summed E-state index contributed by atoms with van der Waals surface area (Å²) in [6.07, 6.45) is 1.11. The van der Waals surface area contributed by atoms with Gasteiger partial charge in [0.1, 0.15) is 17.5 Å². The van der Waals surface area contributed by atoms with Crippen LogP contribution in [-0.2, 0) is 5.41 Å². The molecule has 0 aliphatic heterocycles.